The molecule has 0 aliphatic heterocycles. The summed E-state index contributed by atoms with van der Waals surface area (Å²) in [6, 6.07) is 0. The lowest BCUT2D eigenvalue weighted by molar-refractivity contribution is -0.114. The summed E-state index contributed by atoms with van der Waals surface area (Å²) in [4.78, 5) is 11.2. The molecule has 2 unspecified atom stereocenters. The first kappa shape index (κ1) is 8.03. The van der Waals surface area contributed by atoms with Gasteiger partial charge in [0.1, 0.15) is 0 Å². The second-order valence-corrected chi connectivity index (χ2v) is 4.20. The predicted molar refractivity (Wildman–Crippen MR) is 48.8 cm³/mol. The topological polar surface area (TPSA) is 17.1 Å². The molecule has 12 heavy (non-hydrogen) atoms. The minimum absolute atomic E-state index is 0.365. The standard InChI is InChI=1S/C11H16O/c1-8-4-2-3-5-9-6-10(12)7-11(8)9/h7-9H,2-6H2,1H3. The largest absolute Gasteiger partial charge is 0.295 e. The summed E-state index contributed by atoms with van der Waals surface area (Å²) in [7, 11) is 0. The van der Waals surface area contributed by atoms with E-state index in [9.17, 15) is 4.79 Å². The summed E-state index contributed by atoms with van der Waals surface area (Å²) >= 11 is 0. The van der Waals surface area contributed by atoms with Crippen LogP contribution in [0.25, 0.3) is 0 Å². The maximum Gasteiger partial charge on any atom is 0.156 e. The van der Waals surface area contributed by atoms with Crippen LogP contribution in [-0.4, -0.2) is 5.78 Å². The smallest absolute Gasteiger partial charge is 0.156 e. The second-order valence-electron chi connectivity index (χ2n) is 4.20. The average molecular weight is 164 g/mol. The first-order valence-electron chi connectivity index (χ1n) is 5.01. The van der Waals surface area contributed by atoms with Crippen LogP contribution >= 0.6 is 0 Å². The predicted octanol–water partition coefficient (Wildman–Crippen LogP) is 2.71. The van der Waals surface area contributed by atoms with Crippen molar-refractivity contribution in [3.8, 4) is 0 Å². The van der Waals surface area contributed by atoms with Gasteiger partial charge in [-0.2, -0.15) is 0 Å². The Morgan fingerprint density at radius 2 is 2.08 bits per heavy atom. The van der Waals surface area contributed by atoms with Crippen molar-refractivity contribution < 1.29 is 4.79 Å². The van der Waals surface area contributed by atoms with Gasteiger partial charge in [-0.3, -0.25) is 4.79 Å². The van der Waals surface area contributed by atoms with E-state index in [2.05, 4.69) is 6.92 Å². The quantitative estimate of drug-likeness (QED) is 0.538. The van der Waals surface area contributed by atoms with E-state index >= 15 is 0 Å². The molecule has 1 fully saturated rings. The minimum atomic E-state index is 0.365. The highest BCUT2D eigenvalue weighted by atomic mass is 16.1. The minimum Gasteiger partial charge on any atom is -0.295 e. The zero-order chi connectivity index (χ0) is 8.55. The fourth-order valence-electron chi connectivity index (χ4n) is 2.54. The molecule has 1 nitrogen and oxygen atoms in total. The maximum absolute atomic E-state index is 11.2. The van der Waals surface area contributed by atoms with Crippen molar-refractivity contribution in [3.63, 3.8) is 0 Å². The normalized spacial score (nSPS) is 35.8. The van der Waals surface area contributed by atoms with E-state index in [4.69, 9.17) is 0 Å². The Morgan fingerprint density at radius 1 is 1.33 bits per heavy atom. The van der Waals surface area contributed by atoms with Gasteiger partial charge < -0.3 is 0 Å². The Kier molecular flexibility index (Phi) is 2.03. The zero-order valence-corrected chi connectivity index (χ0v) is 7.68. The van der Waals surface area contributed by atoms with Crippen molar-refractivity contribution in [2.24, 2.45) is 11.8 Å². The van der Waals surface area contributed by atoms with E-state index in [1.807, 2.05) is 6.08 Å². The van der Waals surface area contributed by atoms with Crippen molar-refractivity contribution >= 4 is 5.78 Å². The molecule has 0 aromatic heterocycles. The average Bonchev–Trinajstić information content (AvgIpc) is 2.33. The van der Waals surface area contributed by atoms with Gasteiger partial charge in [-0.15, -0.1) is 0 Å². The van der Waals surface area contributed by atoms with E-state index in [1.165, 1.54) is 31.3 Å². The molecule has 66 valence electrons. The SMILES string of the molecule is CC1CCCCC2CC(=O)C=C12. The molecule has 0 heterocycles. The lowest BCUT2D eigenvalue weighted by Gasteiger charge is -2.14. The molecular weight excluding hydrogens is 148 g/mol. The van der Waals surface area contributed by atoms with Crippen LogP contribution < -0.4 is 0 Å². The van der Waals surface area contributed by atoms with Crippen LogP contribution in [0.3, 0.4) is 0 Å². The molecule has 0 radical (unpaired) electrons. The van der Waals surface area contributed by atoms with Gasteiger partial charge in [0.05, 0.1) is 0 Å². The highest BCUT2D eigenvalue weighted by Gasteiger charge is 2.29. The van der Waals surface area contributed by atoms with Crippen molar-refractivity contribution in [1.82, 2.24) is 0 Å². The number of hydrogen-bond donors (Lipinski definition) is 0. The molecule has 0 spiro atoms. The van der Waals surface area contributed by atoms with Crippen molar-refractivity contribution in [2.45, 2.75) is 39.0 Å². The molecule has 2 aliphatic carbocycles. The third kappa shape index (κ3) is 1.33. The van der Waals surface area contributed by atoms with Crippen LogP contribution in [0.15, 0.2) is 11.6 Å². The molecule has 0 saturated heterocycles. The summed E-state index contributed by atoms with van der Waals surface area (Å²) in [6.45, 7) is 2.27. The van der Waals surface area contributed by atoms with E-state index in [1.54, 1.807) is 0 Å². The van der Waals surface area contributed by atoms with E-state index < -0.39 is 0 Å². The molecular formula is C11H16O. The summed E-state index contributed by atoms with van der Waals surface area (Å²) < 4.78 is 0. The summed E-state index contributed by atoms with van der Waals surface area (Å²) in [5, 5.41) is 0. The van der Waals surface area contributed by atoms with Crippen LogP contribution in [0.1, 0.15) is 39.0 Å². The molecule has 0 aromatic rings. The fourth-order valence-corrected chi connectivity index (χ4v) is 2.54. The van der Waals surface area contributed by atoms with E-state index in [0.717, 1.165) is 6.42 Å². The molecule has 2 rings (SSSR count). The van der Waals surface area contributed by atoms with Crippen molar-refractivity contribution in [3.05, 3.63) is 11.6 Å². The third-order valence-electron chi connectivity index (χ3n) is 3.26. The molecule has 1 heteroatoms. The third-order valence-corrected chi connectivity index (χ3v) is 3.26. The van der Waals surface area contributed by atoms with Crippen LogP contribution in [0.2, 0.25) is 0 Å². The van der Waals surface area contributed by atoms with Crippen LogP contribution in [0, 0.1) is 11.8 Å². The zero-order valence-electron chi connectivity index (χ0n) is 7.68. The number of ketones is 1. The van der Waals surface area contributed by atoms with Crippen molar-refractivity contribution in [1.29, 1.82) is 0 Å². The van der Waals surface area contributed by atoms with E-state index in [0.29, 0.717) is 17.6 Å². The number of fused-ring (bicyclic) bond motifs is 1. The van der Waals surface area contributed by atoms with Gasteiger partial charge in [0.2, 0.25) is 0 Å². The molecule has 0 aromatic carbocycles. The maximum atomic E-state index is 11.2. The van der Waals surface area contributed by atoms with E-state index in [-0.39, 0.29) is 0 Å². The molecule has 0 amide bonds. The second kappa shape index (κ2) is 3.04. The fraction of sp³-hybridized carbons (Fsp3) is 0.727. The number of rotatable bonds is 0. The Morgan fingerprint density at radius 3 is 2.92 bits per heavy atom. The summed E-state index contributed by atoms with van der Waals surface area (Å²) in [5.41, 5.74) is 1.46. The Balaban J connectivity index is 2.21. The molecule has 2 atom stereocenters. The molecule has 0 bridgehead atoms. The van der Waals surface area contributed by atoms with Gasteiger partial charge in [0.15, 0.2) is 5.78 Å². The van der Waals surface area contributed by atoms with Crippen LogP contribution in [-0.2, 0) is 4.79 Å². The van der Waals surface area contributed by atoms with Crippen molar-refractivity contribution in [2.75, 3.05) is 0 Å². The summed E-state index contributed by atoms with van der Waals surface area (Å²) in [5.74, 6) is 1.66. The highest BCUT2D eigenvalue weighted by Crippen LogP contribution is 2.38. The molecule has 2 aliphatic rings. The van der Waals surface area contributed by atoms with Gasteiger partial charge in [0, 0.05) is 6.42 Å². The number of allylic oxidation sites excluding steroid dienone is 2. The molecule has 1 saturated carbocycles. The highest BCUT2D eigenvalue weighted by molar-refractivity contribution is 5.93. The first-order chi connectivity index (χ1) is 5.77. The Labute approximate surface area is 73.8 Å². The number of carbonyl (C=O) groups excluding carboxylic acids is 1. The van der Waals surface area contributed by atoms with Gasteiger partial charge in [-0.25, -0.2) is 0 Å². The van der Waals surface area contributed by atoms with Crippen LogP contribution in [0.4, 0.5) is 0 Å². The lowest BCUT2D eigenvalue weighted by atomic mass is 9.90. The molecule has 0 N–H and O–H groups in total. The van der Waals surface area contributed by atoms with Gasteiger partial charge in [0.25, 0.3) is 0 Å². The monoisotopic (exact) mass is 164 g/mol. The summed E-state index contributed by atoms with van der Waals surface area (Å²) in [6.07, 6.45) is 7.93. The Bertz CT molecular complexity index is 227. The number of carbonyl (C=O) groups is 1. The van der Waals surface area contributed by atoms with Crippen LogP contribution in [0.5, 0.6) is 0 Å². The number of hydrogen-bond acceptors (Lipinski definition) is 1. The first-order valence-corrected chi connectivity index (χ1v) is 5.01. The van der Waals surface area contributed by atoms with Gasteiger partial charge >= 0.3 is 0 Å². The van der Waals surface area contributed by atoms with Gasteiger partial charge in [-0.1, -0.05) is 25.3 Å². The lowest BCUT2D eigenvalue weighted by Crippen LogP contribution is -2.03. The van der Waals surface area contributed by atoms with Gasteiger partial charge in [-0.05, 0) is 30.8 Å². The Hall–Kier alpha value is -0.590.